The largest absolute Gasteiger partial charge is 0.316 e. The molecule has 0 bridgehead atoms. The lowest BCUT2D eigenvalue weighted by Gasteiger charge is -2.32. The number of rotatable bonds is 7. The number of hydrogen-bond donors (Lipinski definition) is 1. The first-order valence-electron chi connectivity index (χ1n) is 8.83. The van der Waals surface area contributed by atoms with Crippen LogP contribution in [0.4, 0.5) is 0 Å². The van der Waals surface area contributed by atoms with Gasteiger partial charge in [0.2, 0.25) is 0 Å². The molecular weight excluding hydrogens is 256 g/mol. The van der Waals surface area contributed by atoms with Crippen LogP contribution in [0, 0.1) is 17.8 Å². The summed E-state index contributed by atoms with van der Waals surface area (Å²) in [5, 5.41) is 3.67. The summed E-state index contributed by atoms with van der Waals surface area (Å²) in [6.07, 6.45) is 9.89. The Morgan fingerprint density at radius 2 is 1.95 bits per heavy atom. The average molecular weight is 288 g/mol. The van der Waals surface area contributed by atoms with Crippen LogP contribution < -0.4 is 5.32 Å². The van der Waals surface area contributed by atoms with Crippen molar-refractivity contribution in [2.75, 3.05) is 13.1 Å². The highest BCUT2D eigenvalue weighted by Gasteiger charge is 2.25. The summed E-state index contributed by atoms with van der Waals surface area (Å²) in [6.45, 7) is 9.09. The van der Waals surface area contributed by atoms with E-state index in [9.17, 15) is 0 Å². The number of hydrogen-bond acceptors (Lipinski definition) is 2. The molecule has 21 heavy (non-hydrogen) atoms. The van der Waals surface area contributed by atoms with Gasteiger partial charge in [-0.1, -0.05) is 39.7 Å². The highest BCUT2D eigenvalue weighted by atomic mass is 14.9. The lowest BCUT2D eigenvalue weighted by molar-refractivity contribution is 0.225. The van der Waals surface area contributed by atoms with Crippen molar-refractivity contribution in [1.82, 2.24) is 10.3 Å². The quantitative estimate of drug-likeness (QED) is 0.812. The maximum Gasteiger partial charge on any atom is 0.0406 e. The first-order chi connectivity index (χ1) is 10.2. The van der Waals surface area contributed by atoms with Crippen molar-refractivity contribution in [2.45, 2.75) is 59.3 Å². The molecule has 1 saturated carbocycles. The van der Waals surface area contributed by atoms with Gasteiger partial charge in [-0.25, -0.2) is 0 Å². The summed E-state index contributed by atoms with van der Waals surface area (Å²) in [5.74, 6) is 2.40. The Bertz CT molecular complexity index is 397. The smallest absolute Gasteiger partial charge is 0.0406 e. The van der Waals surface area contributed by atoms with Gasteiger partial charge in [-0.2, -0.15) is 0 Å². The molecule has 1 fully saturated rings. The third kappa shape index (κ3) is 5.43. The van der Waals surface area contributed by atoms with E-state index in [-0.39, 0.29) is 0 Å². The molecule has 1 aromatic rings. The molecule has 0 saturated heterocycles. The van der Waals surface area contributed by atoms with E-state index in [1.54, 1.807) is 0 Å². The predicted molar refractivity (Wildman–Crippen MR) is 90.5 cm³/mol. The number of pyridine rings is 1. The number of nitrogens with one attached hydrogen (secondary N) is 1. The molecule has 0 spiro atoms. The van der Waals surface area contributed by atoms with Gasteiger partial charge >= 0.3 is 0 Å². The van der Waals surface area contributed by atoms with Gasteiger partial charge in [-0.15, -0.1) is 0 Å². The minimum absolute atomic E-state index is 0.746. The lowest BCUT2D eigenvalue weighted by Crippen LogP contribution is -2.33. The summed E-state index contributed by atoms with van der Waals surface area (Å²) >= 11 is 0. The molecule has 1 aliphatic carbocycles. The van der Waals surface area contributed by atoms with Crippen molar-refractivity contribution in [3.63, 3.8) is 0 Å². The van der Waals surface area contributed by atoms with E-state index in [1.165, 1.54) is 43.5 Å². The van der Waals surface area contributed by atoms with Crippen LogP contribution >= 0.6 is 0 Å². The monoisotopic (exact) mass is 288 g/mol. The zero-order valence-electron chi connectivity index (χ0n) is 14.1. The van der Waals surface area contributed by atoms with Gasteiger partial charge in [0.25, 0.3) is 0 Å². The minimum Gasteiger partial charge on any atom is -0.316 e. The Labute approximate surface area is 130 Å². The molecule has 1 heterocycles. The van der Waals surface area contributed by atoms with Crippen molar-refractivity contribution < 1.29 is 0 Å². The zero-order valence-corrected chi connectivity index (χ0v) is 14.1. The van der Waals surface area contributed by atoms with Gasteiger partial charge in [0, 0.05) is 11.9 Å². The summed E-state index contributed by atoms with van der Waals surface area (Å²) < 4.78 is 0. The van der Waals surface area contributed by atoms with E-state index in [1.807, 2.05) is 0 Å². The fourth-order valence-electron chi connectivity index (χ4n) is 3.43. The van der Waals surface area contributed by atoms with Crippen LogP contribution in [0.1, 0.15) is 57.7 Å². The Hall–Kier alpha value is -0.890. The van der Waals surface area contributed by atoms with Crippen LogP contribution in [-0.2, 0) is 12.8 Å². The molecule has 2 nitrogen and oxygen atoms in total. The third-order valence-electron chi connectivity index (χ3n) is 4.79. The second kappa shape index (κ2) is 8.53. The van der Waals surface area contributed by atoms with Crippen LogP contribution in [-0.4, -0.2) is 18.1 Å². The molecule has 1 N–H and O–H groups in total. The van der Waals surface area contributed by atoms with E-state index in [4.69, 9.17) is 0 Å². The molecule has 0 aliphatic heterocycles. The van der Waals surface area contributed by atoms with Crippen molar-refractivity contribution in [3.8, 4) is 0 Å². The minimum atomic E-state index is 0.746. The van der Waals surface area contributed by atoms with Crippen LogP contribution in [0.3, 0.4) is 0 Å². The molecule has 1 aromatic heterocycles. The molecule has 0 radical (unpaired) electrons. The average Bonchev–Trinajstić information content (AvgIpc) is 2.49. The van der Waals surface area contributed by atoms with E-state index in [2.05, 4.69) is 49.4 Å². The SMILES string of the molecule is CCc1ccc(CC2CCCCC2CNCC(C)C)nc1. The molecule has 2 unspecified atom stereocenters. The summed E-state index contributed by atoms with van der Waals surface area (Å²) in [5.41, 5.74) is 2.63. The lowest BCUT2D eigenvalue weighted by atomic mass is 9.76. The number of nitrogens with zero attached hydrogens (tertiary/aromatic N) is 1. The van der Waals surface area contributed by atoms with E-state index < -0.39 is 0 Å². The normalized spacial score (nSPS) is 22.7. The fraction of sp³-hybridized carbons (Fsp3) is 0.737. The van der Waals surface area contributed by atoms with E-state index in [0.29, 0.717) is 0 Å². The molecule has 1 aliphatic rings. The fourth-order valence-corrected chi connectivity index (χ4v) is 3.43. The highest BCUT2D eigenvalue weighted by molar-refractivity contribution is 5.14. The standard InChI is InChI=1S/C19H32N2/c1-4-16-9-10-19(21-13-16)11-17-7-5-6-8-18(17)14-20-12-15(2)3/h9-10,13,15,17-18,20H,4-8,11-12,14H2,1-3H3. The second-order valence-electron chi connectivity index (χ2n) is 7.07. The third-order valence-corrected chi connectivity index (χ3v) is 4.79. The summed E-state index contributed by atoms with van der Waals surface area (Å²) in [7, 11) is 0. The maximum absolute atomic E-state index is 4.67. The molecule has 0 aromatic carbocycles. The predicted octanol–water partition coefficient (Wildman–Crippen LogP) is 4.24. The van der Waals surface area contributed by atoms with E-state index >= 15 is 0 Å². The topological polar surface area (TPSA) is 24.9 Å². The maximum atomic E-state index is 4.67. The van der Waals surface area contributed by atoms with Gasteiger partial charge in [0.05, 0.1) is 0 Å². The van der Waals surface area contributed by atoms with Gasteiger partial charge in [-0.3, -0.25) is 4.98 Å². The van der Waals surface area contributed by atoms with Crippen molar-refractivity contribution >= 4 is 0 Å². The number of aromatic nitrogens is 1. The Kier molecular flexibility index (Phi) is 6.69. The Morgan fingerprint density at radius 3 is 2.57 bits per heavy atom. The Balaban J connectivity index is 1.88. The van der Waals surface area contributed by atoms with Gasteiger partial charge in [0.1, 0.15) is 0 Å². The van der Waals surface area contributed by atoms with Crippen molar-refractivity contribution in [3.05, 3.63) is 29.6 Å². The van der Waals surface area contributed by atoms with E-state index in [0.717, 1.165) is 37.1 Å². The molecule has 0 amide bonds. The van der Waals surface area contributed by atoms with Gasteiger partial charge in [-0.05, 0) is 68.2 Å². The van der Waals surface area contributed by atoms with Gasteiger partial charge in [0.15, 0.2) is 0 Å². The molecular formula is C19H32N2. The molecule has 2 atom stereocenters. The Morgan fingerprint density at radius 1 is 1.19 bits per heavy atom. The first kappa shape index (κ1) is 16.5. The second-order valence-corrected chi connectivity index (χ2v) is 7.07. The number of aryl methyl sites for hydroxylation is 1. The zero-order chi connectivity index (χ0) is 15.1. The van der Waals surface area contributed by atoms with Crippen LogP contribution in [0.25, 0.3) is 0 Å². The van der Waals surface area contributed by atoms with Gasteiger partial charge < -0.3 is 5.32 Å². The summed E-state index contributed by atoms with van der Waals surface area (Å²) in [4.78, 5) is 4.67. The first-order valence-corrected chi connectivity index (χ1v) is 8.83. The summed E-state index contributed by atoms with van der Waals surface area (Å²) in [6, 6.07) is 4.49. The molecule has 2 rings (SSSR count). The van der Waals surface area contributed by atoms with Crippen LogP contribution in [0.15, 0.2) is 18.3 Å². The molecule has 2 heteroatoms. The van der Waals surface area contributed by atoms with Crippen LogP contribution in [0.2, 0.25) is 0 Å². The van der Waals surface area contributed by atoms with Crippen LogP contribution in [0.5, 0.6) is 0 Å². The van der Waals surface area contributed by atoms with Crippen molar-refractivity contribution in [1.29, 1.82) is 0 Å². The molecule has 118 valence electrons. The highest BCUT2D eigenvalue weighted by Crippen LogP contribution is 2.32. The van der Waals surface area contributed by atoms with Crippen molar-refractivity contribution in [2.24, 2.45) is 17.8 Å².